The van der Waals surface area contributed by atoms with Crippen molar-refractivity contribution in [2.24, 2.45) is 11.8 Å². The molecule has 1 N–H and O–H groups in total. The summed E-state index contributed by atoms with van der Waals surface area (Å²) in [6.45, 7) is 2.88. The zero-order chi connectivity index (χ0) is 16.1. The molecule has 2 fully saturated rings. The average Bonchev–Trinajstić information content (AvgIpc) is 2.51. The summed E-state index contributed by atoms with van der Waals surface area (Å²) in [5.74, 6) is -0.797. The van der Waals surface area contributed by atoms with E-state index in [1.165, 1.54) is 7.11 Å². The molecule has 6 nitrogen and oxygen atoms in total. The van der Waals surface area contributed by atoms with Gasteiger partial charge >= 0.3 is 11.9 Å². The second-order valence-electron chi connectivity index (χ2n) is 5.98. The van der Waals surface area contributed by atoms with Crippen LogP contribution in [0.1, 0.15) is 12.8 Å². The zero-order valence-corrected chi connectivity index (χ0v) is 14.5. The topological polar surface area (TPSA) is 67.9 Å². The maximum atomic E-state index is 12.1. The lowest BCUT2D eigenvalue weighted by Gasteiger charge is -2.34. The van der Waals surface area contributed by atoms with Crippen LogP contribution in [0, 0.1) is 11.8 Å². The van der Waals surface area contributed by atoms with Crippen LogP contribution >= 0.6 is 25.3 Å². The van der Waals surface area contributed by atoms with Gasteiger partial charge in [0.25, 0.3) is 0 Å². The number of methoxy groups -OCH3 is 1. The minimum Gasteiger partial charge on any atom is -0.469 e. The van der Waals surface area contributed by atoms with E-state index in [2.05, 4.69) is 30.6 Å². The van der Waals surface area contributed by atoms with Crippen molar-refractivity contribution in [3.8, 4) is 0 Å². The van der Waals surface area contributed by atoms with E-state index >= 15 is 0 Å². The highest BCUT2D eigenvalue weighted by Crippen LogP contribution is 2.22. The molecule has 2 aliphatic heterocycles. The molecule has 0 spiro atoms. The predicted octanol–water partition coefficient (Wildman–Crippen LogP) is 0.188. The van der Waals surface area contributed by atoms with Crippen LogP contribution in [0.5, 0.6) is 0 Å². The van der Waals surface area contributed by atoms with Gasteiger partial charge in [-0.1, -0.05) is 0 Å². The lowest BCUT2D eigenvalue weighted by molar-refractivity contribution is -0.156. The van der Waals surface area contributed by atoms with Crippen LogP contribution < -0.4 is 5.32 Å². The first kappa shape index (κ1) is 17.9. The van der Waals surface area contributed by atoms with Crippen molar-refractivity contribution >= 4 is 37.2 Å². The third-order valence-electron chi connectivity index (χ3n) is 4.09. The maximum Gasteiger partial charge on any atom is 0.311 e. The van der Waals surface area contributed by atoms with E-state index in [1.54, 1.807) is 0 Å². The number of hydrogen-bond donors (Lipinski definition) is 3. The van der Waals surface area contributed by atoms with Gasteiger partial charge in [-0.3, -0.25) is 14.5 Å². The van der Waals surface area contributed by atoms with Crippen molar-refractivity contribution in [2.75, 3.05) is 40.0 Å². The quantitative estimate of drug-likeness (QED) is 0.498. The van der Waals surface area contributed by atoms with E-state index < -0.39 is 0 Å². The number of carbonyl (C=O) groups is 2. The Morgan fingerprint density at radius 2 is 1.82 bits per heavy atom. The average molecular weight is 348 g/mol. The number of likely N-dealkylation sites (tertiary alicyclic amines) is 1. The molecular weight excluding hydrogens is 324 g/mol. The van der Waals surface area contributed by atoms with Gasteiger partial charge in [0.1, 0.15) is 6.73 Å². The van der Waals surface area contributed by atoms with Gasteiger partial charge in [0.05, 0.1) is 18.9 Å². The number of carbonyl (C=O) groups excluding carboxylic acids is 2. The summed E-state index contributed by atoms with van der Waals surface area (Å²) < 4.78 is 10.2. The molecule has 0 aromatic heterocycles. The molecule has 2 rings (SSSR count). The number of rotatable bonds is 4. The van der Waals surface area contributed by atoms with Gasteiger partial charge in [0.15, 0.2) is 0 Å². The van der Waals surface area contributed by atoms with Crippen LogP contribution in [0.15, 0.2) is 0 Å². The Balaban J connectivity index is 1.80. The Hall–Kier alpha value is -0.440. The fraction of sp³-hybridized carbons (Fsp3) is 0.857. The van der Waals surface area contributed by atoms with Crippen LogP contribution in [0.4, 0.5) is 0 Å². The van der Waals surface area contributed by atoms with Gasteiger partial charge in [-0.2, -0.15) is 25.3 Å². The zero-order valence-electron chi connectivity index (χ0n) is 12.7. The lowest BCUT2D eigenvalue weighted by Crippen LogP contribution is -2.46. The molecule has 0 bridgehead atoms. The summed E-state index contributed by atoms with van der Waals surface area (Å²) in [5.41, 5.74) is 0. The van der Waals surface area contributed by atoms with E-state index in [1.807, 2.05) is 4.90 Å². The molecule has 0 amide bonds. The molecule has 0 aromatic rings. The first-order valence-electron chi connectivity index (χ1n) is 7.53. The fourth-order valence-electron chi connectivity index (χ4n) is 2.98. The van der Waals surface area contributed by atoms with Crippen LogP contribution in [-0.2, 0) is 19.1 Å². The molecule has 2 heterocycles. The molecule has 2 unspecified atom stereocenters. The molecule has 0 aromatic carbocycles. The lowest BCUT2D eigenvalue weighted by atomic mass is 9.98. The normalized spacial score (nSPS) is 33.2. The summed E-state index contributed by atoms with van der Waals surface area (Å²) in [5, 5.41) is 3.44. The smallest absolute Gasteiger partial charge is 0.311 e. The van der Waals surface area contributed by atoms with Gasteiger partial charge in [-0.25, -0.2) is 0 Å². The van der Waals surface area contributed by atoms with Crippen LogP contribution in [0.25, 0.3) is 0 Å². The summed E-state index contributed by atoms with van der Waals surface area (Å²) in [4.78, 5) is 25.7. The van der Waals surface area contributed by atoms with Crippen molar-refractivity contribution in [1.82, 2.24) is 10.2 Å². The molecule has 8 heteroatoms. The number of ether oxygens (including phenoxy) is 2. The number of esters is 2. The standard InChI is InChI=1S/C14H24N2O4S2/c1-19-13(17)10-3-12(22)7-16(6-10)8-20-14(18)9-2-11(21)5-15-4-9/h9-12,15,21-22H,2-8H2,1H3/t9-,10?,11+,12?/m0/s1. The van der Waals surface area contributed by atoms with E-state index in [4.69, 9.17) is 9.47 Å². The van der Waals surface area contributed by atoms with Gasteiger partial charge in [0.2, 0.25) is 0 Å². The highest BCUT2D eigenvalue weighted by molar-refractivity contribution is 7.81. The molecule has 22 heavy (non-hydrogen) atoms. The van der Waals surface area contributed by atoms with Crippen molar-refractivity contribution < 1.29 is 19.1 Å². The van der Waals surface area contributed by atoms with Gasteiger partial charge in [0, 0.05) is 36.7 Å². The third-order valence-corrected chi connectivity index (χ3v) is 4.86. The van der Waals surface area contributed by atoms with E-state index in [0.29, 0.717) is 26.1 Å². The number of nitrogens with one attached hydrogen (secondary N) is 1. The third kappa shape index (κ3) is 5.04. The first-order chi connectivity index (χ1) is 10.5. The number of thiol groups is 2. The number of nitrogens with zero attached hydrogens (tertiary/aromatic N) is 1. The summed E-state index contributed by atoms with van der Waals surface area (Å²) in [6, 6.07) is 0. The molecule has 0 saturated carbocycles. The Morgan fingerprint density at radius 1 is 1.09 bits per heavy atom. The van der Waals surface area contributed by atoms with Crippen LogP contribution in [0.2, 0.25) is 0 Å². The maximum absolute atomic E-state index is 12.1. The second kappa shape index (κ2) is 8.42. The highest BCUT2D eigenvalue weighted by Gasteiger charge is 2.32. The molecular formula is C14H24N2O4S2. The SMILES string of the molecule is COC(=O)C1CC(S)CN(COC(=O)[C@@H]2CNC[C@H](S)C2)C1. The van der Waals surface area contributed by atoms with E-state index in [0.717, 1.165) is 13.0 Å². The fourth-order valence-corrected chi connectivity index (χ4v) is 3.85. The summed E-state index contributed by atoms with van der Waals surface area (Å²) in [6.07, 6.45) is 1.42. The Labute approximate surface area is 142 Å². The predicted molar refractivity (Wildman–Crippen MR) is 89.2 cm³/mol. The number of hydrogen-bond acceptors (Lipinski definition) is 8. The van der Waals surface area contributed by atoms with Crippen molar-refractivity contribution in [3.05, 3.63) is 0 Å². The van der Waals surface area contributed by atoms with Crippen LogP contribution in [0.3, 0.4) is 0 Å². The molecule has 0 radical (unpaired) electrons. The molecule has 0 aliphatic carbocycles. The summed E-state index contributed by atoms with van der Waals surface area (Å²) in [7, 11) is 1.39. The minimum absolute atomic E-state index is 0.0784. The summed E-state index contributed by atoms with van der Waals surface area (Å²) >= 11 is 8.86. The molecule has 126 valence electrons. The van der Waals surface area contributed by atoms with Crippen molar-refractivity contribution in [3.63, 3.8) is 0 Å². The first-order valence-corrected chi connectivity index (χ1v) is 8.56. The van der Waals surface area contributed by atoms with Gasteiger partial charge in [-0.05, 0) is 12.8 Å². The van der Waals surface area contributed by atoms with Gasteiger partial charge in [-0.15, -0.1) is 0 Å². The largest absolute Gasteiger partial charge is 0.469 e. The van der Waals surface area contributed by atoms with Crippen LogP contribution in [-0.4, -0.2) is 67.4 Å². The minimum atomic E-state index is -0.232. The van der Waals surface area contributed by atoms with E-state index in [9.17, 15) is 9.59 Å². The molecule has 4 atom stereocenters. The van der Waals surface area contributed by atoms with Crippen molar-refractivity contribution in [2.45, 2.75) is 23.3 Å². The monoisotopic (exact) mass is 348 g/mol. The van der Waals surface area contributed by atoms with Gasteiger partial charge < -0.3 is 14.8 Å². The van der Waals surface area contributed by atoms with Crippen molar-refractivity contribution in [1.29, 1.82) is 0 Å². The van der Waals surface area contributed by atoms with E-state index in [-0.39, 0.29) is 41.0 Å². The molecule has 2 aliphatic rings. The second-order valence-corrected chi connectivity index (χ2v) is 7.44. The number of piperidine rings is 2. The Kier molecular flexibility index (Phi) is 6.86. The Bertz CT molecular complexity index is 410. The molecule has 2 saturated heterocycles. The Morgan fingerprint density at radius 3 is 2.50 bits per heavy atom. The highest BCUT2D eigenvalue weighted by atomic mass is 32.1.